The molecule has 0 unspecified atom stereocenters. The van der Waals surface area contributed by atoms with Crippen molar-refractivity contribution in [2.75, 3.05) is 19.7 Å². The highest BCUT2D eigenvalue weighted by molar-refractivity contribution is 7.13. The predicted molar refractivity (Wildman–Crippen MR) is 67.3 cm³/mol. The van der Waals surface area contributed by atoms with Gasteiger partial charge in [-0.3, -0.25) is 4.79 Å². The number of hydrogen-bond acceptors (Lipinski definition) is 3. The number of rotatable bonds is 5. The standard InChI is InChI=1S/C11H16ClNO2S/c1-3-13(5-4-6-14)11(15)10-9(12)8(2)7-16-10/h7,14H,3-6H2,1-2H3. The molecule has 1 aromatic heterocycles. The van der Waals surface area contributed by atoms with Crippen molar-refractivity contribution in [3.05, 3.63) is 20.8 Å². The van der Waals surface area contributed by atoms with E-state index in [1.165, 1.54) is 11.3 Å². The van der Waals surface area contributed by atoms with Gasteiger partial charge in [-0.15, -0.1) is 11.3 Å². The first kappa shape index (κ1) is 13.5. The Morgan fingerprint density at radius 1 is 1.62 bits per heavy atom. The summed E-state index contributed by atoms with van der Waals surface area (Å²) in [5.74, 6) is -0.0425. The average Bonchev–Trinajstić information content (AvgIpc) is 2.60. The lowest BCUT2D eigenvalue weighted by molar-refractivity contribution is 0.0759. The van der Waals surface area contributed by atoms with E-state index in [1.54, 1.807) is 4.90 Å². The Morgan fingerprint density at radius 3 is 2.75 bits per heavy atom. The van der Waals surface area contributed by atoms with Crippen LogP contribution in [-0.4, -0.2) is 35.6 Å². The molecule has 1 heterocycles. The molecular weight excluding hydrogens is 246 g/mol. The summed E-state index contributed by atoms with van der Waals surface area (Å²) in [5.41, 5.74) is 0.938. The maximum Gasteiger partial charge on any atom is 0.265 e. The van der Waals surface area contributed by atoms with E-state index in [-0.39, 0.29) is 12.5 Å². The van der Waals surface area contributed by atoms with Crippen molar-refractivity contribution in [3.8, 4) is 0 Å². The number of nitrogens with zero attached hydrogens (tertiary/aromatic N) is 1. The molecule has 0 aromatic carbocycles. The van der Waals surface area contributed by atoms with Crippen LogP contribution in [0.5, 0.6) is 0 Å². The van der Waals surface area contributed by atoms with Gasteiger partial charge in [0.2, 0.25) is 0 Å². The van der Waals surface area contributed by atoms with Crippen LogP contribution >= 0.6 is 22.9 Å². The zero-order valence-corrected chi connectivity index (χ0v) is 11.1. The minimum Gasteiger partial charge on any atom is -0.396 e. The highest BCUT2D eigenvalue weighted by atomic mass is 35.5. The summed E-state index contributed by atoms with van der Waals surface area (Å²) in [6, 6.07) is 0. The second kappa shape index (κ2) is 6.23. The molecule has 1 amide bonds. The Balaban J connectivity index is 2.79. The lowest BCUT2D eigenvalue weighted by Crippen LogP contribution is -2.31. The second-order valence-corrected chi connectivity index (χ2v) is 4.78. The number of carbonyl (C=O) groups excluding carboxylic acids is 1. The van der Waals surface area contributed by atoms with Gasteiger partial charge in [-0.2, -0.15) is 0 Å². The molecule has 0 saturated carbocycles. The summed E-state index contributed by atoms with van der Waals surface area (Å²) in [5, 5.41) is 11.2. The van der Waals surface area contributed by atoms with Gasteiger partial charge >= 0.3 is 0 Å². The molecule has 90 valence electrons. The van der Waals surface area contributed by atoms with Gasteiger partial charge in [0.15, 0.2) is 0 Å². The van der Waals surface area contributed by atoms with Gasteiger partial charge in [0.25, 0.3) is 5.91 Å². The van der Waals surface area contributed by atoms with E-state index < -0.39 is 0 Å². The van der Waals surface area contributed by atoms with Crippen LogP contribution in [-0.2, 0) is 0 Å². The molecule has 0 spiro atoms. The number of aliphatic hydroxyl groups is 1. The second-order valence-electron chi connectivity index (χ2n) is 3.52. The fourth-order valence-electron chi connectivity index (χ4n) is 1.38. The number of aryl methyl sites for hydroxylation is 1. The Morgan fingerprint density at radius 2 is 2.31 bits per heavy atom. The Kier molecular flexibility index (Phi) is 5.25. The Bertz CT molecular complexity index is 365. The lowest BCUT2D eigenvalue weighted by Gasteiger charge is -2.19. The van der Waals surface area contributed by atoms with Crippen molar-refractivity contribution < 1.29 is 9.90 Å². The van der Waals surface area contributed by atoms with Crippen molar-refractivity contribution in [2.24, 2.45) is 0 Å². The van der Waals surface area contributed by atoms with Crippen LogP contribution < -0.4 is 0 Å². The fraction of sp³-hybridized carbons (Fsp3) is 0.545. The number of amides is 1. The molecule has 0 radical (unpaired) electrons. The minimum absolute atomic E-state index is 0.0425. The third-order valence-electron chi connectivity index (χ3n) is 2.35. The number of hydrogen-bond donors (Lipinski definition) is 1. The highest BCUT2D eigenvalue weighted by Crippen LogP contribution is 2.28. The van der Waals surface area contributed by atoms with Gasteiger partial charge in [-0.1, -0.05) is 11.6 Å². The number of aliphatic hydroxyl groups excluding tert-OH is 1. The largest absolute Gasteiger partial charge is 0.396 e. The molecule has 0 aliphatic rings. The van der Waals surface area contributed by atoms with E-state index in [4.69, 9.17) is 16.7 Å². The quantitative estimate of drug-likeness (QED) is 0.885. The molecule has 1 aromatic rings. The molecule has 16 heavy (non-hydrogen) atoms. The molecule has 0 aliphatic heterocycles. The molecule has 0 fully saturated rings. The molecular formula is C11H16ClNO2S. The highest BCUT2D eigenvalue weighted by Gasteiger charge is 2.19. The number of halogens is 1. The van der Waals surface area contributed by atoms with Gasteiger partial charge in [-0.05, 0) is 31.2 Å². The van der Waals surface area contributed by atoms with Crippen LogP contribution in [0.15, 0.2) is 5.38 Å². The van der Waals surface area contributed by atoms with Crippen LogP contribution in [0.3, 0.4) is 0 Å². The topological polar surface area (TPSA) is 40.5 Å². The van der Waals surface area contributed by atoms with Crippen LogP contribution in [0, 0.1) is 6.92 Å². The summed E-state index contributed by atoms with van der Waals surface area (Å²) in [6.07, 6.45) is 0.599. The maximum atomic E-state index is 12.1. The monoisotopic (exact) mass is 261 g/mol. The van der Waals surface area contributed by atoms with Gasteiger partial charge in [0, 0.05) is 19.7 Å². The SMILES string of the molecule is CCN(CCCO)C(=O)c1scc(C)c1Cl. The smallest absolute Gasteiger partial charge is 0.265 e. The van der Waals surface area contributed by atoms with E-state index in [1.807, 2.05) is 19.2 Å². The van der Waals surface area contributed by atoms with Crippen LogP contribution in [0.2, 0.25) is 5.02 Å². The molecule has 5 heteroatoms. The number of thiophene rings is 1. The summed E-state index contributed by atoms with van der Waals surface area (Å²) >= 11 is 7.43. The van der Waals surface area contributed by atoms with Crippen molar-refractivity contribution in [1.82, 2.24) is 4.90 Å². The van der Waals surface area contributed by atoms with E-state index in [0.717, 1.165) is 5.56 Å². The first-order valence-corrected chi connectivity index (χ1v) is 6.51. The summed E-state index contributed by atoms with van der Waals surface area (Å²) < 4.78 is 0. The van der Waals surface area contributed by atoms with Gasteiger partial charge in [0.05, 0.1) is 5.02 Å². The van der Waals surface area contributed by atoms with E-state index in [2.05, 4.69) is 0 Å². The summed E-state index contributed by atoms with van der Waals surface area (Å²) in [4.78, 5) is 14.4. The maximum absolute atomic E-state index is 12.1. The molecule has 1 rings (SSSR count). The van der Waals surface area contributed by atoms with Crippen molar-refractivity contribution >= 4 is 28.8 Å². The van der Waals surface area contributed by atoms with Gasteiger partial charge in [0.1, 0.15) is 4.88 Å². The molecule has 0 bridgehead atoms. The van der Waals surface area contributed by atoms with Crippen molar-refractivity contribution in [2.45, 2.75) is 20.3 Å². The first-order chi connectivity index (χ1) is 7.61. The Labute approximate surface area is 105 Å². The van der Waals surface area contributed by atoms with Crippen LogP contribution in [0.1, 0.15) is 28.6 Å². The predicted octanol–water partition coefficient (Wildman–Crippen LogP) is 2.55. The van der Waals surface area contributed by atoms with E-state index in [9.17, 15) is 4.79 Å². The molecule has 1 N–H and O–H groups in total. The van der Waals surface area contributed by atoms with Crippen LogP contribution in [0.4, 0.5) is 0 Å². The van der Waals surface area contributed by atoms with Gasteiger partial charge in [-0.25, -0.2) is 0 Å². The average molecular weight is 262 g/mol. The Hall–Kier alpha value is -0.580. The zero-order chi connectivity index (χ0) is 12.1. The summed E-state index contributed by atoms with van der Waals surface area (Å²) in [7, 11) is 0. The summed E-state index contributed by atoms with van der Waals surface area (Å²) in [6.45, 7) is 5.11. The fourth-order valence-corrected chi connectivity index (χ4v) is 2.62. The molecule has 0 atom stereocenters. The molecule has 0 aliphatic carbocycles. The van der Waals surface area contributed by atoms with Crippen molar-refractivity contribution in [1.29, 1.82) is 0 Å². The van der Waals surface area contributed by atoms with Crippen molar-refractivity contribution in [3.63, 3.8) is 0 Å². The molecule has 3 nitrogen and oxygen atoms in total. The third-order valence-corrected chi connectivity index (χ3v) is 4.03. The molecule has 0 saturated heterocycles. The third kappa shape index (κ3) is 2.97. The number of carbonyl (C=O) groups is 1. The normalized spacial score (nSPS) is 10.5. The van der Waals surface area contributed by atoms with Gasteiger partial charge < -0.3 is 10.0 Å². The minimum atomic E-state index is -0.0425. The van der Waals surface area contributed by atoms with E-state index in [0.29, 0.717) is 29.4 Å². The lowest BCUT2D eigenvalue weighted by atomic mass is 10.3. The first-order valence-electron chi connectivity index (χ1n) is 5.25. The zero-order valence-electron chi connectivity index (χ0n) is 9.49. The van der Waals surface area contributed by atoms with E-state index >= 15 is 0 Å². The van der Waals surface area contributed by atoms with Crippen LogP contribution in [0.25, 0.3) is 0 Å².